The fraction of sp³-hybridized carbons (Fsp3) is 0.538. The van der Waals surface area contributed by atoms with Crippen LogP contribution in [0.15, 0.2) is 0 Å². The topological polar surface area (TPSA) is 55.4 Å². The van der Waals surface area contributed by atoms with E-state index in [4.69, 9.17) is 16.3 Å². The van der Waals surface area contributed by atoms with Crippen molar-refractivity contribution in [1.29, 1.82) is 0 Å². The van der Waals surface area contributed by atoms with Gasteiger partial charge in [-0.15, -0.1) is 22.9 Å². The van der Waals surface area contributed by atoms with Gasteiger partial charge in [-0.1, -0.05) is 6.92 Å². The lowest BCUT2D eigenvalue weighted by Gasteiger charge is -2.09. The largest absolute Gasteiger partial charge is 0.465 e. The van der Waals surface area contributed by atoms with E-state index in [0.29, 0.717) is 10.6 Å². The highest BCUT2D eigenvalue weighted by molar-refractivity contribution is 7.17. The van der Waals surface area contributed by atoms with Gasteiger partial charge in [0.25, 0.3) is 0 Å². The van der Waals surface area contributed by atoms with E-state index in [9.17, 15) is 9.59 Å². The standard InChI is InChI=1S/C13H16ClNO3S/c1-7(6-14)11(16)15-12-10(13(17)18-2)8-4-3-5-9(8)19-12/h7H,3-6H2,1-2H3,(H,15,16). The number of carbonyl (C=O) groups is 2. The van der Waals surface area contributed by atoms with Gasteiger partial charge in [0, 0.05) is 16.7 Å². The molecule has 4 nitrogen and oxygen atoms in total. The van der Waals surface area contributed by atoms with Crippen molar-refractivity contribution < 1.29 is 14.3 Å². The molecule has 0 aliphatic heterocycles. The van der Waals surface area contributed by atoms with Gasteiger partial charge in [-0.05, 0) is 24.8 Å². The molecule has 1 aliphatic carbocycles. The van der Waals surface area contributed by atoms with Crippen LogP contribution in [0.4, 0.5) is 5.00 Å². The number of carbonyl (C=O) groups excluding carboxylic acids is 2. The fourth-order valence-electron chi connectivity index (χ4n) is 2.12. The van der Waals surface area contributed by atoms with Gasteiger partial charge in [0.2, 0.25) is 5.91 Å². The van der Waals surface area contributed by atoms with Crippen molar-refractivity contribution >= 4 is 39.8 Å². The van der Waals surface area contributed by atoms with Crippen molar-refractivity contribution in [3.05, 3.63) is 16.0 Å². The molecule has 0 aromatic carbocycles. The second-order valence-electron chi connectivity index (χ2n) is 4.60. The molecule has 1 aliphatic rings. The van der Waals surface area contributed by atoms with Gasteiger partial charge < -0.3 is 10.1 Å². The van der Waals surface area contributed by atoms with Gasteiger partial charge in [-0.3, -0.25) is 4.79 Å². The predicted octanol–water partition coefficient (Wildman–Crippen LogP) is 2.84. The van der Waals surface area contributed by atoms with Gasteiger partial charge in [-0.25, -0.2) is 4.79 Å². The van der Waals surface area contributed by atoms with Crippen LogP contribution >= 0.6 is 22.9 Å². The second kappa shape index (κ2) is 5.92. The molecule has 19 heavy (non-hydrogen) atoms. The van der Waals surface area contributed by atoms with Crippen LogP contribution < -0.4 is 5.32 Å². The molecule has 0 bridgehead atoms. The molecule has 0 saturated heterocycles. The number of halogens is 1. The summed E-state index contributed by atoms with van der Waals surface area (Å²) in [7, 11) is 1.36. The number of alkyl halides is 1. The van der Waals surface area contributed by atoms with Crippen LogP contribution in [0.3, 0.4) is 0 Å². The van der Waals surface area contributed by atoms with E-state index in [1.165, 1.54) is 23.3 Å². The zero-order chi connectivity index (χ0) is 14.0. The van der Waals surface area contributed by atoms with Crippen LogP contribution in [0.25, 0.3) is 0 Å². The first kappa shape index (κ1) is 14.3. The molecular formula is C13H16ClNO3S. The molecule has 1 aromatic rings. The highest BCUT2D eigenvalue weighted by Crippen LogP contribution is 2.39. The van der Waals surface area contributed by atoms with E-state index in [-0.39, 0.29) is 23.7 Å². The van der Waals surface area contributed by atoms with Crippen LogP contribution in [0.5, 0.6) is 0 Å². The van der Waals surface area contributed by atoms with E-state index in [1.807, 2.05) is 0 Å². The molecule has 1 aromatic heterocycles. The number of fused-ring (bicyclic) bond motifs is 1. The second-order valence-corrected chi connectivity index (χ2v) is 6.01. The Morgan fingerprint density at radius 1 is 1.47 bits per heavy atom. The van der Waals surface area contributed by atoms with E-state index in [0.717, 1.165) is 24.8 Å². The van der Waals surface area contributed by atoms with E-state index in [2.05, 4.69) is 5.32 Å². The summed E-state index contributed by atoms with van der Waals surface area (Å²) in [6.45, 7) is 1.75. The highest BCUT2D eigenvalue weighted by Gasteiger charge is 2.28. The predicted molar refractivity (Wildman–Crippen MR) is 76.2 cm³/mol. The van der Waals surface area contributed by atoms with Crippen molar-refractivity contribution in [1.82, 2.24) is 0 Å². The van der Waals surface area contributed by atoms with Crippen LogP contribution in [0.1, 0.15) is 34.1 Å². The summed E-state index contributed by atoms with van der Waals surface area (Å²) in [6.07, 6.45) is 2.89. The van der Waals surface area contributed by atoms with Crippen molar-refractivity contribution in [2.45, 2.75) is 26.2 Å². The van der Waals surface area contributed by atoms with Gasteiger partial charge in [0.05, 0.1) is 12.7 Å². The lowest BCUT2D eigenvalue weighted by atomic mass is 10.1. The Hall–Kier alpha value is -1.07. The van der Waals surface area contributed by atoms with Gasteiger partial charge >= 0.3 is 5.97 Å². The molecule has 0 fully saturated rings. The molecule has 6 heteroatoms. The van der Waals surface area contributed by atoms with Gasteiger partial charge in [-0.2, -0.15) is 0 Å². The number of rotatable bonds is 4. The normalized spacial score (nSPS) is 14.9. The first-order valence-corrected chi connectivity index (χ1v) is 7.53. The van der Waals surface area contributed by atoms with Crippen LogP contribution in [-0.4, -0.2) is 24.9 Å². The summed E-state index contributed by atoms with van der Waals surface area (Å²) in [5.74, 6) is -0.581. The Balaban J connectivity index is 2.30. The van der Waals surface area contributed by atoms with Crippen molar-refractivity contribution in [2.24, 2.45) is 5.92 Å². The Morgan fingerprint density at radius 3 is 2.84 bits per heavy atom. The third-order valence-electron chi connectivity index (χ3n) is 3.23. The number of thiophene rings is 1. The number of methoxy groups -OCH3 is 1. The number of ether oxygens (including phenoxy) is 1. The van der Waals surface area contributed by atoms with E-state index >= 15 is 0 Å². The summed E-state index contributed by atoms with van der Waals surface area (Å²) in [5.41, 5.74) is 1.56. The van der Waals surface area contributed by atoms with Crippen LogP contribution in [-0.2, 0) is 22.4 Å². The number of hydrogen-bond donors (Lipinski definition) is 1. The first-order chi connectivity index (χ1) is 9.08. The number of nitrogens with one attached hydrogen (secondary N) is 1. The third kappa shape index (κ3) is 2.77. The molecule has 1 atom stereocenters. The highest BCUT2D eigenvalue weighted by atomic mass is 35.5. The molecule has 0 radical (unpaired) electrons. The van der Waals surface area contributed by atoms with Crippen molar-refractivity contribution in [2.75, 3.05) is 18.3 Å². The molecule has 2 rings (SSSR count). The first-order valence-electron chi connectivity index (χ1n) is 6.18. The summed E-state index contributed by atoms with van der Waals surface area (Å²) < 4.78 is 4.82. The zero-order valence-corrected chi connectivity index (χ0v) is 12.5. The minimum Gasteiger partial charge on any atom is -0.465 e. The van der Waals surface area contributed by atoms with Gasteiger partial charge in [0.1, 0.15) is 5.00 Å². The molecule has 0 saturated carbocycles. The Morgan fingerprint density at radius 2 is 2.21 bits per heavy atom. The van der Waals surface area contributed by atoms with Crippen molar-refractivity contribution in [3.8, 4) is 0 Å². The summed E-state index contributed by atoms with van der Waals surface area (Å²) in [4.78, 5) is 25.0. The summed E-state index contributed by atoms with van der Waals surface area (Å²) in [6, 6.07) is 0. The maximum atomic E-state index is 11.9. The average molecular weight is 302 g/mol. The van der Waals surface area contributed by atoms with Crippen LogP contribution in [0, 0.1) is 5.92 Å². The van der Waals surface area contributed by atoms with Gasteiger partial charge in [0.15, 0.2) is 0 Å². The van der Waals surface area contributed by atoms with Crippen molar-refractivity contribution in [3.63, 3.8) is 0 Å². The summed E-state index contributed by atoms with van der Waals surface area (Å²) in [5, 5.41) is 3.40. The molecular weight excluding hydrogens is 286 g/mol. The number of esters is 1. The molecule has 104 valence electrons. The molecule has 1 N–H and O–H groups in total. The van der Waals surface area contributed by atoms with Crippen LogP contribution in [0.2, 0.25) is 0 Å². The Kier molecular flexibility index (Phi) is 4.47. The maximum Gasteiger partial charge on any atom is 0.341 e. The number of hydrogen-bond acceptors (Lipinski definition) is 4. The molecule has 1 heterocycles. The minimum atomic E-state index is -0.381. The maximum absolute atomic E-state index is 11.9. The number of amides is 1. The lowest BCUT2D eigenvalue weighted by Crippen LogP contribution is -2.22. The SMILES string of the molecule is COC(=O)c1c(NC(=O)C(C)CCl)sc2c1CCC2. The Bertz CT molecular complexity index is 512. The summed E-state index contributed by atoms with van der Waals surface area (Å²) >= 11 is 7.14. The molecule has 1 amide bonds. The molecule has 0 spiro atoms. The lowest BCUT2D eigenvalue weighted by molar-refractivity contribution is -0.118. The quantitative estimate of drug-likeness (QED) is 0.687. The Labute approximate surface area is 121 Å². The number of aryl methyl sites for hydroxylation is 1. The fourth-order valence-corrected chi connectivity index (χ4v) is 3.54. The zero-order valence-electron chi connectivity index (χ0n) is 10.9. The smallest absolute Gasteiger partial charge is 0.341 e. The minimum absolute atomic E-state index is 0.167. The number of anilines is 1. The molecule has 1 unspecified atom stereocenters. The third-order valence-corrected chi connectivity index (χ3v) is 4.90. The van der Waals surface area contributed by atoms with E-state index < -0.39 is 0 Å². The monoisotopic (exact) mass is 301 g/mol. The van der Waals surface area contributed by atoms with E-state index in [1.54, 1.807) is 6.92 Å². The average Bonchev–Trinajstić information content (AvgIpc) is 2.96.